The summed E-state index contributed by atoms with van der Waals surface area (Å²) >= 11 is 1.65. The maximum Gasteiger partial charge on any atom is 0.129 e. The molecule has 124 valence electrons. The molecule has 0 spiro atoms. The van der Waals surface area contributed by atoms with Gasteiger partial charge in [-0.15, -0.1) is 11.3 Å². The zero-order valence-corrected chi connectivity index (χ0v) is 14.6. The molecule has 2 heterocycles. The molecule has 1 aromatic heterocycles. The molecule has 1 fully saturated rings. The van der Waals surface area contributed by atoms with Crippen molar-refractivity contribution in [2.24, 2.45) is 0 Å². The van der Waals surface area contributed by atoms with Crippen LogP contribution < -0.4 is 4.74 Å². The number of hydrogen-bond donors (Lipinski definition) is 1. The lowest BCUT2D eigenvalue weighted by Gasteiger charge is -2.36. The SMILES string of the molecule is COc1ccccc1-c1nc(CN2CCCCC2C(C)O)cs1. The van der Waals surface area contributed by atoms with E-state index in [1.807, 2.05) is 31.2 Å². The molecule has 0 bridgehead atoms. The van der Waals surface area contributed by atoms with Crippen LogP contribution in [0.25, 0.3) is 10.6 Å². The maximum absolute atomic E-state index is 10.0. The predicted molar refractivity (Wildman–Crippen MR) is 93.8 cm³/mol. The van der Waals surface area contributed by atoms with Gasteiger partial charge in [0.25, 0.3) is 0 Å². The van der Waals surface area contributed by atoms with Crippen LogP contribution in [-0.4, -0.2) is 40.8 Å². The summed E-state index contributed by atoms with van der Waals surface area (Å²) in [5.41, 5.74) is 2.11. The van der Waals surface area contributed by atoms with Gasteiger partial charge in [-0.3, -0.25) is 4.90 Å². The number of aliphatic hydroxyl groups excluding tert-OH is 1. The number of para-hydroxylation sites is 1. The van der Waals surface area contributed by atoms with E-state index in [1.165, 1.54) is 12.8 Å². The molecular weight excluding hydrogens is 308 g/mol. The van der Waals surface area contributed by atoms with E-state index in [0.29, 0.717) is 0 Å². The Morgan fingerprint density at radius 1 is 1.39 bits per heavy atom. The maximum atomic E-state index is 10.0. The van der Waals surface area contributed by atoms with E-state index in [9.17, 15) is 5.11 Å². The number of aromatic nitrogens is 1. The second-order valence-corrected chi connectivity index (χ2v) is 6.98. The lowest BCUT2D eigenvalue weighted by Crippen LogP contribution is -2.45. The molecule has 1 aliphatic rings. The monoisotopic (exact) mass is 332 g/mol. The number of nitrogens with zero attached hydrogens (tertiary/aromatic N) is 2. The molecule has 0 aliphatic carbocycles. The van der Waals surface area contributed by atoms with E-state index in [0.717, 1.165) is 41.5 Å². The highest BCUT2D eigenvalue weighted by Crippen LogP contribution is 2.32. The summed E-state index contributed by atoms with van der Waals surface area (Å²) in [5.74, 6) is 0.855. The van der Waals surface area contributed by atoms with Crippen molar-refractivity contribution in [3.63, 3.8) is 0 Å². The second-order valence-electron chi connectivity index (χ2n) is 6.12. The highest BCUT2D eigenvalue weighted by molar-refractivity contribution is 7.13. The zero-order chi connectivity index (χ0) is 16.2. The Morgan fingerprint density at radius 2 is 2.22 bits per heavy atom. The van der Waals surface area contributed by atoms with Crippen molar-refractivity contribution < 1.29 is 9.84 Å². The molecule has 23 heavy (non-hydrogen) atoms. The first kappa shape index (κ1) is 16.4. The van der Waals surface area contributed by atoms with Crippen molar-refractivity contribution in [3.8, 4) is 16.3 Å². The summed E-state index contributed by atoms with van der Waals surface area (Å²) in [6.07, 6.45) is 3.19. The Morgan fingerprint density at radius 3 is 3.00 bits per heavy atom. The standard InChI is InChI=1S/C18H24N2O2S/c1-13(21)16-8-5-6-10-20(16)11-14-12-23-18(19-14)15-7-3-4-9-17(15)22-2/h3-4,7,9,12-13,16,21H,5-6,8,10-11H2,1-2H3. The molecule has 5 heteroatoms. The second kappa shape index (κ2) is 7.43. The van der Waals surface area contributed by atoms with Gasteiger partial charge in [0, 0.05) is 18.0 Å². The van der Waals surface area contributed by atoms with Gasteiger partial charge in [0.2, 0.25) is 0 Å². The first-order chi connectivity index (χ1) is 11.2. The summed E-state index contributed by atoms with van der Waals surface area (Å²) in [4.78, 5) is 7.16. The van der Waals surface area contributed by atoms with Gasteiger partial charge in [0.15, 0.2) is 0 Å². The quantitative estimate of drug-likeness (QED) is 0.909. The Hall–Kier alpha value is -1.43. The van der Waals surface area contributed by atoms with Crippen LogP contribution in [0, 0.1) is 0 Å². The highest BCUT2D eigenvalue weighted by Gasteiger charge is 2.26. The van der Waals surface area contributed by atoms with Crippen LogP contribution >= 0.6 is 11.3 Å². The Kier molecular flexibility index (Phi) is 5.30. The molecule has 1 N–H and O–H groups in total. The van der Waals surface area contributed by atoms with Gasteiger partial charge in [-0.25, -0.2) is 4.98 Å². The van der Waals surface area contributed by atoms with Gasteiger partial charge in [-0.2, -0.15) is 0 Å². The topological polar surface area (TPSA) is 45.6 Å². The van der Waals surface area contributed by atoms with Crippen LogP contribution in [0.15, 0.2) is 29.6 Å². The van der Waals surface area contributed by atoms with Gasteiger partial charge in [-0.05, 0) is 38.4 Å². The largest absolute Gasteiger partial charge is 0.496 e. The number of methoxy groups -OCH3 is 1. The number of aliphatic hydroxyl groups is 1. The lowest BCUT2D eigenvalue weighted by atomic mass is 9.98. The minimum Gasteiger partial charge on any atom is -0.496 e. The minimum absolute atomic E-state index is 0.250. The van der Waals surface area contributed by atoms with Gasteiger partial charge in [0.1, 0.15) is 10.8 Å². The average molecular weight is 332 g/mol. The number of benzene rings is 1. The fourth-order valence-electron chi connectivity index (χ4n) is 3.29. The van der Waals surface area contributed by atoms with Crippen LogP contribution in [0.3, 0.4) is 0 Å². The van der Waals surface area contributed by atoms with Crippen molar-refractivity contribution in [2.75, 3.05) is 13.7 Å². The molecule has 1 aromatic carbocycles. The molecule has 1 aliphatic heterocycles. The summed E-state index contributed by atoms with van der Waals surface area (Å²) in [5, 5.41) is 13.1. The Balaban J connectivity index is 1.76. The van der Waals surface area contributed by atoms with Crippen LogP contribution in [0.1, 0.15) is 31.9 Å². The number of likely N-dealkylation sites (tertiary alicyclic amines) is 1. The van der Waals surface area contributed by atoms with Gasteiger partial charge >= 0.3 is 0 Å². The van der Waals surface area contributed by atoms with Gasteiger partial charge in [0.05, 0.1) is 24.5 Å². The molecule has 0 radical (unpaired) electrons. The predicted octanol–water partition coefficient (Wildman–Crippen LogP) is 3.55. The van der Waals surface area contributed by atoms with Crippen LogP contribution in [0.5, 0.6) is 5.75 Å². The highest BCUT2D eigenvalue weighted by atomic mass is 32.1. The number of hydrogen-bond acceptors (Lipinski definition) is 5. The van der Waals surface area contributed by atoms with E-state index < -0.39 is 0 Å². The van der Waals surface area contributed by atoms with E-state index in [-0.39, 0.29) is 12.1 Å². The van der Waals surface area contributed by atoms with Crippen molar-refractivity contribution in [1.29, 1.82) is 0 Å². The zero-order valence-electron chi connectivity index (χ0n) is 13.7. The minimum atomic E-state index is -0.289. The summed E-state index contributed by atoms with van der Waals surface area (Å²) in [6.45, 7) is 3.74. The lowest BCUT2D eigenvalue weighted by molar-refractivity contribution is 0.0311. The molecule has 2 unspecified atom stereocenters. The summed E-state index contributed by atoms with van der Waals surface area (Å²) in [6, 6.07) is 8.23. The van der Waals surface area contributed by atoms with Gasteiger partial charge in [-0.1, -0.05) is 18.6 Å². The van der Waals surface area contributed by atoms with Crippen LogP contribution in [0.4, 0.5) is 0 Å². The van der Waals surface area contributed by atoms with Crippen molar-refractivity contribution >= 4 is 11.3 Å². The smallest absolute Gasteiger partial charge is 0.129 e. The first-order valence-electron chi connectivity index (χ1n) is 8.19. The van der Waals surface area contributed by atoms with E-state index in [1.54, 1.807) is 18.4 Å². The van der Waals surface area contributed by atoms with E-state index in [4.69, 9.17) is 9.72 Å². The number of piperidine rings is 1. The number of thiazole rings is 1. The molecule has 0 amide bonds. The number of ether oxygens (including phenoxy) is 1. The third-order valence-electron chi connectivity index (χ3n) is 4.48. The van der Waals surface area contributed by atoms with Crippen LogP contribution in [0.2, 0.25) is 0 Å². The Bertz CT molecular complexity index is 641. The fraction of sp³-hybridized carbons (Fsp3) is 0.500. The third kappa shape index (κ3) is 3.74. The fourth-order valence-corrected chi connectivity index (χ4v) is 4.13. The molecule has 3 rings (SSSR count). The molecule has 4 nitrogen and oxygen atoms in total. The normalized spacial score (nSPS) is 20.4. The van der Waals surface area contributed by atoms with Crippen molar-refractivity contribution in [2.45, 2.75) is 44.9 Å². The van der Waals surface area contributed by atoms with Gasteiger partial charge < -0.3 is 9.84 Å². The summed E-state index contributed by atoms with van der Waals surface area (Å²) < 4.78 is 5.43. The first-order valence-corrected chi connectivity index (χ1v) is 9.07. The average Bonchev–Trinajstić information content (AvgIpc) is 3.03. The van der Waals surface area contributed by atoms with Crippen LogP contribution in [-0.2, 0) is 6.54 Å². The molecule has 2 aromatic rings. The summed E-state index contributed by atoms with van der Waals surface area (Å²) in [7, 11) is 1.69. The molecular formula is C18H24N2O2S. The van der Waals surface area contributed by atoms with Crippen molar-refractivity contribution in [1.82, 2.24) is 9.88 Å². The molecule has 2 atom stereocenters. The van der Waals surface area contributed by atoms with E-state index >= 15 is 0 Å². The molecule has 1 saturated heterocycles. The van der Waals surface area contributed by atoms with Crippen molar-refractivity contribution in [3.05, 3.63) is 35.3 Å². The molecule has 0 saturated carbocycles. The Labute approximate surface area is 141 Å². The third-order valence-corrected chi connectivity index (χ3v) is 5.40. The number of rotatable bonds is 5. The van der Waals surface area contributed by atoms with E-state index in [2.05, 4.69) is 10.3 Å².